The Morgan fingerprint density at radius 3 is 2.60 bits per heavy atom. The van der Waals surface area contributed by atoms with Gasteiger partial charge in [0.15, 0.2) is 6.10 Å². The third-order valence-electron chi connectivity index (χ3n) is 3.69. The van der Waals surface area contributed by atoms with Crippen LogP contribution in [0.2, 0.25) is 0 Å². The van der Waals surface area contributed by atoms with Gasteiger partial charge in [0.1, 0.15) is 5.82 Å². The molecule has 1 heterocycles. The van der Waals surface area contributed by atoms with Crippen molar-refractivity contribution in [3.05, 3.63) is 64.9 Å². The largest absolute Gasteiger partial charge is 0.454 e. The molecule has 0 fully saturated rings. The fraction of sp³-hybridized carbons (Fsp3) is 0.211. The molecule has 3 rings (SSSR count). The minimum atomic E-state index is -0.909. The number of para-hydroxylation sites is 1. The minimum absolute atomic E-state index is 0.154. The second-order valence-corrected chi connectivity index (χ2v) is 6.69. The van der Waals surface area contributed by atoms with Crippen LogP contribution in [0.4, 0.5) is 4.39 Å². The topological polar surface area (TPSA) is 56.3 Å². The zero-order valence-electron chi connectivity index (χ0n) is 13.6. The van der Waals surface area contributed by atoms with Gasteiger partial charge in [-0.3, -0.25) is 9.59 Å². The number of fused-ring (bicyclic) bond motifs is 1. The van der Waals surface area contributed by atoms with E-state index >= 15 is 0 Å². The van der Waals surface area contributed by atoms with Gasteiger partial charge in [0, 0.05) is 12.0 Å². The van der Waals surface area contributed by atoms with Crippen molar-refractivity contribution in [2.24, 2.45) is 0 Å². The van der Waals surface area contributed by atoms with E-state index in [0.717, 1.165) is 15.2 Å². The van der Waals surface area contributed by atoms with Crippen LogP contribution in [0.25, 0.3) is 10.2 Å². The first-order chi connectivity index (χ1) is 12.0. The number of aryl methyl sites for hydroxylation is 1. The number of carbonyl (C=O) groups excluding carboxylic acids is 2. The Hall–Kier alpha value is -2.60. The van der Waals surface area contributed by atoms with Crippen LogP contribution in [0.1, 0.15) is 28.7 Å². The highest BCUT2D eigenvalue weighted by Crippen LogP contribution is 2.22. The maximum atomic E-state index is 12.9. The average molecular weight is 357 g/mol. The normalized spacial score (nSPS) is 12.1. The zero-order chi connectivity index (χ0) is 17.8. The smallest absolute Gasteiger partial charge is 0.306 e. The summed E-state index contributed by atoms with van der Waals surface area (Å²) in [6, 6.07) is 12.9. The molecular formula is C19H16FNO3S. The third kappa shape index (κ3) is 4.28. The van der Waals surface area contributed by atoms with Crippen molar-refractivity contribution < 1.29 is 18.7 Å². The van der Waals surface area contributed by atoms with Gasteiger partial charge in [-0.25, -0.2) is 9.37 Å². The molecule has 0 aliphatic carbocycles. The molecular weight excluding hydrogens is 341 g/mol. The lowest BCUT2D eigenvalue weighted by molar-refractivity contribution is -0.146. The number of benzene rings is 2. The predicted octanol–water partition coefficient (Wildman–Crippen LogP) is 4.18. The standard InChI is InChI=1S/C19H16FNO3S/c1-12(19(23)13-6-8-14(20)9-7-13)24-18(22)11-10-17-21-15-4-2-3-5-16(15)25-17/h2-9,12H,10-11H2,1H3/t12-/m1/s1. The molecule has 1 aromatic heterocycles. The predicted molar refractivity (Wildman–Crippen MR) is 94.2 cm³/mol. The number of esters is 1. The van der Waals surface area contributed by atoms with Crippen molar-refractivity contribution in [3.63, 3.8) is 0 Å². The average Bonchev–Trinajstić information content (AvgIpc) is 3.03. The summed E-state index contributed by atoms with van der Waals surface area (Å²) in [6.45, 7) is 1.52. The first kappa shape index (κ1) is 17.2. The summed E-state index contributed by atoms with van der Waals surface area (Å²) in [5, 5.41) is 0.857. The third-order valence-corrected chi connectivity index (χ3v) is 4.78. The number of rotatable bonds is 6. The van der Waals surface area contributed by atoms with E-state index in [2.05, 4.69) is 4.98 Å². The number of ether oxygens (including phenoxy) is 1. The van der Waals surface area contributed by atoms with Crippen molar-refractivity contribution in [3.8, 4) is 0 Å². The Labute approximate surface area is 148 Å². The molecule has 4 nitrogen and oxygen atoms in total. The second-order valence-electron chi connectivity index (χ2n) is 5.58. The highest BCUT2D eigenvalue weighted by Gasteiger charge is 2.19. The van der Waals surface area contributed by atoms with Gasteiger partial charge in [-0.15, -0.1) is 11.3 Å². The Morgan fingerprint density at radius 2 is 1.88 bits per heavy atom. The molecule has 0 saturated carbocycles. The van der Waals surface area contributed by atoms with Crippen LogP contribution < -0.4 is 0 Å². The molecule has 1 atom stereocenters. The summed E-state index contributed by atoms with van der Waals surface area (Å²) in [7, 11) is 0. The molecule has 0 bridgehead atoms. The highest BCUT2D eigenvalue weighted by molar-refractivity contribution is 7.18. The van der Waals surface area contributed by atoms with E-state index < -0.39 is 17.9 Å². The molecule has 128 valence electrons. The van der Waals surface area contributed by atoms with Gasteiger partial charge in [-0.1, -0.05) is 12.1 Å². The minimum Gasteiger partial charge on any atom is -0.454 e. The number of Topliss-reactive ketones (excluding diaryl/α,β-unsaturated/α-hetero) is 1. The summed E-state index contributed by atoms with van der Waals surface area (Å²) in [5.74, 6) is -1.23. The lowest BCUT2D eigenvalue weighted by atomic mass is 10.1. The lowest BCUT2D eigenvalue weighted by Crippen LogP contribution is -2.24. The molecule has 0 saturated heterocycles. The number of carbonyl (C=O) groups is 2. The van der Waals surface area contributed by atoms with Gasteiger partial charge in [-0.2, -0.15) is 0 Å². The molecule has 0 aliphatic rings. The van der Waals surface area contributed by atoms with E-state index in [1.807, 2.05) is 24.3 Å². The van der Waals surface area contributed by atoms with Crippen molar-refractivity contribution in [1.29, 1.82) is 0 Å². The van der Waals surface area contributed by atoms with Gasteiger partial charge in [0.2, 0.25) is 5.78 Å². The number of halogens is 1. The number of thiazole rings is 1. The SMILES string of the molecule is C[C@@H](OC(=O)CCc1nc2ccccc2s1)C(=O)c1ccc(F)cc1. The first-order valence-corrected chi connectivity index (χ1v) is 8.68. The van der Waals surface area contributed by atoms with Crippen LogP contribution in [0, 0.1) is 5.82 Å². The van der Waals surface area contributed by atoms with E-state index in [1.165, 1.54) is 31.2 Å². The van der Waals surface area contributed by atoms with Gasteiger partial charge in [0.05, 0.1) is 21.6 Å². The number of hydrogen-bond donors (Lipinski definition) is 0. The molecule has 0 aliphatic heterocycles. The summed E-state index contributed by atoms with van der Waals surface area (Å²) >= 11 is 1.54. The number of nitrogens with zero attached hydrogens (tertiary/aromatic N) is 1. The molecule has 0 N–H and O–H groups in total. The van der Waals surface area contributed by atoms with Gasteiger partial charge in [0.25, 0.3) is 0 Å². The van der Waals surface area contributed by atoms with Crippen molar-refractivity contribution in [1.82, 2.24) is 4.98 Å². The summed E-state index contributed by atoms with van der Waals surface area (Å²) in [4.78, 5) is 28.6. The lowest BCUT2D eigenvalue weighted by Gasteiger charge is -2.12. The van der Waals surface area contributed by atoms with Gasteiger partial charge < -0.3 is 4.74 Å². The quantitative estimate of drug-likeness (QED) is 0.490. The Morgan fingerprint density at radius 1 is 1.16 bits per heavy atom. The highest BCUT2D eigenvalue weighted by atomic mass is 32.1. The monoisotopic (exact) mass is 357 g/mol. The molecule has 0 unspecified atom stereocenters. The molecule has 0 spiro atoms. The maximum Gasteiger partial charge on any atom is 0.306 e. The first-order valence-electron chi connectivity index (χ1n) is 7.86. The summed E-state index contributed by atoms with van der Waals surface area (Å²) in [6.07, 6.45) is -0.287. The maximum absolute atomic E-state index is 12.9. The van der Waals surface area contributed by atoms with Gasteiger partial charge in [-0.05, 0) is 43.3 Å². The van der Waals surface area contributed by atoms with Crippen LogP contribution >= 0.6 is 11.3 Å². The van der Waals surface area contributed by atoms with E-state index in [1.54, 1.807) is 11.3 Å². The van der Waals surface area contributed by atoms with Crippen LogP contribution in [0.15, 0.2) is 48.5 Å². The number of ketones is 1. The van der Waals surface area contributed by atoms with Crippen molar-refractivity contribution in [2.75, 3.05) is 0 Å². The fourth-order valence-electron chi connectivity index (χ4n) is 2.39. The molecule has 0 radical (unpaired) electrons. The van der Waals surface area contributed by atoms with E-state index in [9.17, 15) is 14.0 Å². The van der Waals surface area contributed by atoms with Gasteiger partial charge >= 0.3 is 5.97 Å². The van der Waals surface area contributed by atoms with E-state index in [-0.39, 0.29) is 12.2 Å². The summed E-state index contributed by atoms with van der Waals surface area (Å²) < 4.78 is 19.2. The van der Waals surface area contributed by atoms with Crippen molar-refractivity contribution in [2.45, 2.75) is 25.9 Å². The van der Waals surface area contributed by atoms with E-state index in [0.29, 0.717) is 12.0 Å². The van der Waals surface area contributed by atoms with Crippen molar-refractivity contribution >= 4 is 33.3 Å². The Balaban J connectivity index is 1.54. The molecule has 2 aromatic carbocycles. The zero-order valence-corrected chi connectivity index (χ0v) is 14.4. The van der Waals surface area contributed by atoms with Crippen LogP contribution in [-0.2, 0) is 16.0 Å². The van der Waals surface area contributed by atoms with E-state index in [4.69, 9.17) is 4.74 Å². The molecule has 3 aromatic rings. The molecule has 0 amide bonds. The van der Waals surface area contributed by atoms with Crippen LogP contribution in [-0.4, -0.2) is 22.8 Å². The van der Waals surface area contributed by atoms with Crippen LogP contribution in [0.5, 0.6) is 0 Å². The Bertz CT molecular complexity index is 871. The summed E-state index contributed by atoms with van der Waals surface area (Å²) in [5.41, 5.74) is 1.23. The molecule has 6 heteroatoms. The Kier molecular flexibility index (Phi) is 5.19. The number of aromatic nitrogens is 1. The fourth-order valence-corrected chi connectivity index (χ4v) is 3.36. The second kappa shape index (κ2) is 7.53. The molecule has 25 heavy (non-hydrogen) atoms. The van der Waals surface area contributed by atoms with Crippen LogP contribution in [0.3, 0.4) is 0 Å². The number of hydrogen-bond acceptors (Lipinski definition) is 5.